The van der Waals surface area contributed by atoms with Gasteiger partial charge in [-0.15, -0.1) is 0 Å². The first kappa shape index (κ1) is 14.9. The Balaban J connectivity index is 2.35. The van der Waals surface area contributed by atoms with Crippen LogP contribution in [0.4, 0.5) is 0 Å². The average Bonchev–Trinajstić information content (AvgIpc) is 2.45. The fraction of sp³-hybridized carbons (Fsp3) is 0.333. The van der Waals surface area contributed by atoms with Crippen molar-refractivity contribution < 1.29 is 4.74 Å². The molecule has 20 heavy (non-hydrogen) atoms. The second kappa shape index (κ2) is 7.36. The highest BCUT2D eigenvalue weighted by Gasteiger charge is 2.15. The van der Waals surface area contributed by atoms with Gasteiger partial charge in [0, 0.05) is 23.1 Å². The van der Waals surface area contributed by atoms with E-state index in [0.29, 0.717) is 6.61 Å². The molecule has 0 aromatic carbocycles. The molecule has 0 aliphatic rings. The normalized spacial score (nSPS) is 12.2. The van der Waals surface area contributed by atoms with E-state index in [4.69, 9.17) is 4.74 Å². The third-order valence-electron chi connectivity index (χ3n) is 2.85. The van der Waals surface area contributed by atoms with E-state index in [2.05, 4.69) is 44.2 Å². The van der Waals surface area contributed by atoms with Crippen molar-refractivity contribution in [3.8, 4) is 5.75 Å². The molecule has 0 aliphatic carbocycles. The molecule has 0 aliphatic heterocycles. The molecule has 2 rings (SSSR count). The van der Waals surface area contributed by atoms with Crippen molar-refractivity contribution in [2.45, 2.75) is 19.9 Å². The third kappa shape index (κ3) is 3.77. The van der Waals surface area contributed by atoms with Crippen LogP contribution in [0, 0.1) is 0 Å². The zero-order valence-corrected chi connectivity index (χ0v) is 13.2. The van der Waals surface area contributed by atoms with Gasteiger partial charge in [-0.1, -0.05) is 6.92 Å². The summed E-state index contributed by atoms with van der Waals surface area (Å²) in [6.07, 6.45) is 7.23. The molecule has 0 bridgehead atoms. The minimum Gasteiger partial charge on any atom is -0.492 e. The minimum absolute atomic E-state index is 0.0536. The Morgan fingerprint density at radius 3 is 2.45 bits per heavy atom. The van der Waals surface area contributed by atoms with Gasteiger partial charge in [-0.2, -0.15) is 0 Å². The van der Waals surface area contributed by atoms with Crippen LogP contribution in [0.2, 0.25) is 0 Å². The summed E-state index contributed by atoms with van der Waals surface area (Å²) in [6.45, 7) is 5.54. The predicted octanol–water partition coefficient (Wildman–Crippen LogP) is 3.34. The van der Waals surface area contributed by atoms with Crippen molar-refractivity contribution in [1.82, 2.24) is 15.3 Å². The first-order chi connectivity index (χ1) is 9.74. The maximum absolute atomic E-state index is 5.52. The summed E-state index contributed by atoms with van der Waals surface area (Å²) in [7, 11) is 0. The van der Waals surface area contributed by atoms with Crippen LogP contribution in [0.25, 0.3) is 0 Å². The van der Waals surface area contributed by atoms with Crippen molar-refractivity contribution in [2.24, 2.45) is 0 Å². The van der Waals surface area contributed by atoms with Crippen molar-refractivity contribution in [2.75, 3.05) is 13.2 Å². The zero-order valence-electron chi connectivity index (χ0n) is 11.6. The van der Waals surface area contributed by atoms with E-state index < -0.39 is 0 Å². The minimum atomic E-state index is 0.0536. The molecular formula is C15H18BrN3O. The number of nitrogens with one attached hydrogen (secondary N) is 1. The van der Waals surface area contributed by atoms with Crippen LogP contribution in [-0.2, 0) is 0 Å². The lowest BCUT2D eigenvalue weighted by molar-refractivity contribution is 0.338. The molecule has 0 fully saturated rings. The van der Waals surface area contributed by atoms with Gasteiger partial charge in [0.25, 0.3) is 0 Å². The molecule has 1 N–H and O–H groups in total. The maximum Gasteiger partial charge on any atom is 0.137 e. The van der Waals surface area contributed by atoms with E-state index in [1.807, 2.05) is 25.4 Å². The Hall–Kier alpha value is -1.46. The lowest BCUT2D eigenvalue weighted by atomic mass is 10.0. The smallest absolute Gasteiger partial charge is 0.137 e. The van der Waals surface area contributed by atoms with Gasteiger partial charge in [0.1, 0.15) is 5.75 Å². The fourth-order valence-electron chi connectivity index (χ4n) is 2.06. The first-order valence-corrected chi connectivity index (χ1v) is 7.45. The number of nitrogens with zero attached hydrogens (tertiary/aromatic N) is 2. The van der Waals surface area contributed by atoms with Crippen LogP contribution in [-0.4, -0.2) is 23.1 Å². The van der Waals surface area contributed by atoms with Crippen LogP contribution < -0.4 is 10.1 Å². The number of rotatable bonds is 6. The number of hydrogen-bond acceptors (Lipinski definition) is 4. The molecule has 2 aromatic heterocycles. The third-order valence-corrected chi connectivity index (χ3v) is 3.28. The van der Waals surface area contributed by atoms with Gasteiger partial charge >= 0.3 is 0 Å². The molecule has 1 unspecified atom stereocenters. The van der Waals surface area contributed by atoms with E-state index in [-0.39, 0.29) is 6.04 Å². The van der Waals surface area contributed by atoms with Gasteiger partial charge < -0.3 is 10.1 Å². The van der Waals surface area contributed by atoms with Crippen LogP contribution in [0.3, 0.4) is 0 Å². The highest BCUT2D eigenvalue weighted by molar-refractivity contribution is 9.10. The number of pyridine rings is 2. The standard InChI is InChI=1S/C15H18BrN3O/c1-3-19-15(11-5-13(16)9-17-7-11)12-6-14(20-4-2)10-18-8-12/h5-10,15,19H,3-4H2,1-2H3. The van der Waals surface area contributed by atoms with Crippen molar-refractivity contribution >= 4 is 15.9 Å². The van der Waals surface area contributed by atoms with Crippen LogP contribution in [0.1, 0.15) is 31.0 Å². The Kier molecular flexibility index (Phi) is 5.49. The molecule has 1 atom stereocenters. The average molecular weight is 336 g/mol. The van der Waals surface area contributed by atoms with Crippen molar-refractivity contribution in [1.29, 1.82) is 0 Å². The molecule has 2 heterocycles. The van der Waals surface area contributed by atoms with E-state index in [9.17, 15) is 0 Å². The van der Waals surface area contributed by atoms with Crippen LogP contribution in [0.15, 0.2) is 41.4 Å². The highest BCUT2D eigenvalue weighted by Crippen LogP contribution is 2.25. The SMILES string of the molecule is CCNC(c1cncc(Br)c1)c1cncc(OCC)c1. The van der Waals surface area contributed by atoms with Gasteiger partial charge in [-0.25, -0.2) is 0 Å². The molecule has 0 amide bonds. The molecule has 4 nitrogen and oxygen atoms in total. The summed E-state index contributed by atoms with van der Waals surface area (Å²) < 4.78 is 6.48. The van der Waals surface area contributed by atoms with Gasteiger partial charge in [-0.05, 0) is 52.7 Å². The van der Waals surface area contributed by atoms with Gasteiger partial charge in [0.15, 0.2) is 0 Å². The van der Waals surface area contributed by atoms with Gasteiger partial charge in [0.05, 0.1) is 18.8 Å². The topological polar surface area (TPSA) is 47.0 Å². The highest BCUT2D eigenvalue weighted by atomic mass is 79.9. The van der Waals surface area contributed by atoms with Crippen molar-refractivity contribution in [3.05, 3.63) is 52.5 Å². The predicted molar refractivity (Wildman–Crippen MR) is 82.9 cm³/mol. The summed E-state index contributed by atoms with van der Waals surface area (Å²) in [5, 5.41) is 3.46. The lowest BCUT2D eigenvalue weighted by Gasteiger charge is -2.19. The number of hydrogen-bond donors (Lipinski definition) is 1. The Morgan fingerprint density at radius 2 is 1.80 bits per heavy atom. The summed E-state index contributed by atoms with van der Waals surface area (Å²) in [5.41, 5.74) is 2.16. The molecule has 0 saturated carbocycles. The molecule has 106 valence electrons. The summed E-state index contributed by atoms with van der Waals surface area (Å²) >= 11 is 3.46. The zero-order chi connectivity index (χ0) is 14.4. The lowest BCUT2D eigenvalue weighted by Crippen LogP contribution is -2.22. The van der Waals surface area contributed by atoms with Crippen molar-refractivity contribution in [3.63, 3.8) is 0 Å². The van der Waals surface area contributed by atoms with E-state index in [0.717, 1.165) is 27.9 Å². The molecule has 0 spiro atoms. The first-order valence-electron chi connectivity index (χ1n) is 6.66. The van der Waals surface area contributed by atoms with E-state index in [1.165, 1.54) is 0 Å². The monoisotopic (exact) mass is 335 g/mol. The summed E-state index contributed by atoms with van der Waals surface area (Å²) in [6, 6.07) is 4.14. The Labute approximate surface area is 127 Å². The molecule has 0 radical (unpaired) electrons. The molecule has 2 aromatic rings. The maximum atomic E-state index is 5.52. The van der Waals surface area contributed by atoms with E-state index >= 15 is 0 Å². The van der Waals surface area contributed by atoms with Crippen LogP contribution >= 0.6 is 15.9 Å². The number of aromatic nitrogens is 2. The number of halogens is 1. The Bertz CT molecular complexity index is 562. The quantitative estimate of drug-likeness (QED) is 0.879. The second-order valence-corrected chi connectivity index (χ2v) is 5.23. The summed E-state index contributed by atoms with van der Waals surface area (Å²) in [5.74, 6) is 0.788. The van der Waals surface area contributed by atoms with Crippen LogP contribution in [0.5, 0.6) is 5.75 Å². The summed E-state index contributed by atoms with van der Waals surface area (Å²) in [4.78, 5) is 8.49. The second-order valence-electron chi connectivity index (χ2n) is 4.31. The molecule has 5 heteroatoms. The largest absolute Gasteiger partial charge is 0.492 e. The van der Waals surface area contributed by atoms with Gasteiger partial charge in [-0.3, -0.25) is 9.97 Å². The Morgan fingerprint density at radius 1 is 1.10 bits per heavy atom. The molecule has 0 saturated heterocycles. The fourth-order valence-corrected chi connectivity index (χ4v) is 2.44. The molecular weight excluding hydrogens is 318 g/mol. The number of ether oxygens (including phenoxy) is 1. The van der Waals surface area contributed by atoms with Gasteiger partial charge in [0.2, 0.25) is 0 Å². The van der Waals surface area contributed by atoms with E-state index in [1.54, 1.807) is 12.4 Å².